The van der Waals surface area contributed by atoms with Crippen molar-refractivity contribution in [2.24, 2.45) is 4.99 Å². The van der Waals surface area contributed by atoms with E-state index >= 15 is 0 Å². The number of nitrogens with one attached hydrogen (secondary N) is 2. The number of methoxy groups -OCH3 is 1. The molecule has 0 bridgehead atoms. The summed E-state index contributed by atoms with van der Waals surface area (Å²) in [5, 5.41) is 6.43. The highest BCUT2D eigenvalue weighted by Crippen LogP contribution is 2.14. The smallest absolute Gasteiger partial charge is 0.218 e. The molecule has 0 saturated carbocycles. The lowest BCUT2D eigenvalue weighted by Gasteiger charge is -2.17. The van der Waals surface area contributed by atoms with Gasteiger partial charge in [-0.15, -0.1) is 24.0 Å². The average molecular weight is 488 g/mol. The Bertz CT molecular complexity index is 713. The molecule has 2 N–H and O–H groups in total. The number of hydrogen-bond acceptors (Lipinski definition) is 4. The molecule has 1 atom stereocenters. The van der Waals surface area contributed by atoms with E-state index in [2.05, 4.69) is 20.6 Å². The first kappa shape index (κ1) is 22.9. The van der Waals surface area contributed by atoms with Gasteiger partial charge >= 0.3 is 0 Å². The van der Waals surface area contributed by atoms with Crippen molar-refractivity contribution in [3.63, 3.8) is 0 Å². The third kappa shape index (κ3) is 7.98. The minimum atomic E-state index is -0.282. The highest BCUT2D eigenvalue weighted by atomic mass is 127. The Kier molecular flexibility index (Phi) is 10.5. The molecule has 0 radical (unpaired) electrons. The first-order valence-electron chi connectivity index (χ1n) is 8.54. The van der Waals surface area contributed by atoms with Crippen molar-refractivity contribution in [3.8, 4) is 11.6 Å². The van der Waals surface area contributed by atoms with E-state index < -0.39 is 0 Å². The quantitative estimate of drug-likeness (QED) is 0.339. The number of aromatic nitrogens is 1. The first-order chi connectivity index (χ1) is 12.6. The zero-order chi connectivity index (χ0) is 18.8. The Morgan fingerprint density at radius 3 is 2.63 bits per heavy atom. The maximum atomic E-state index is 12.9. The summed E-state index contributed by atoms with van der Waals surface area (Å²) in [6.45, 7) is 5.67. The van der Waals surface area contributed by atoms with Crippen LogP contribution in [0.4, 0.5) is 4.39 Å². The summed E-state index contributed by atoms with van der Waals surface area (Å²) in [4.78, 5) is 8.72. The Balaban J connectivity index is 0.00000364. The van der Waals surface area contributed by atoms with Crippen LogP contribution in [0.5, 0.6) is 11.6 Å². The fourth-order valence-corrected chi connectivity index (χ4v) is 2.26. The summed E-state index contributed by atoms with van der Waals surface area (Å²) >= 11 is 0. The first-order valence-corrected chi connectivity index (χ1v) is 8.54. The van der Waals surface area contributed by atoms with Crippen LogP contribution in [0.2, 0.25) is 0 Å². The highest BCUT2D eigenvalue weighted by Gasteiger charge is 2.07. The molecule has 2 aromatic rings. The van der Waals surface area contributed by atoms with Gasteiger partial charge in [0.2, 0.25) is 5.88 Å². The van der Waals surface area contributed by atoms with Gasteiger partial charge in [0, 0.05) is 18.3 Å². The number of ether oxygens (including phenoxy) is 2. The second-order valence-electron chi connectivity index (χ2n) is 5.63. The van der Waals surface area contributed by atoms with Gasteiger partial charge in [0.15, 0.2) is 5.96 Å². The summed E-state index contributed by atoms with van der Waals surface area (Å²) < 4.78 is 23.9. The summed E-state index contributed by atoms with van der Waals surface area (Å²) in [5.41, 5.74) is 0.905. The van der Waals surface area contributed by atoms with E-state index in [1.807, 2.05) is 26.0 Å². The van der Waals surface area contributed by atoms with Crippen LogP contribution < -0.4 is 20.1 Å². The molecule has 1 aromatic carbocycles. The number of halogens is 2. The number of aliphatic imine (C=N–C) groups is 1. The van der Waals surface area contributed by atoms with Crippen LogP contribution in [0.25, 0.3) is 0 Å². The van der Waals surface area contributed by atoms with Gasteiger partial charge in [-0.05, 0) is 44.2 Å². The predicted molar refractivity (Wildman–Crippen MR) is 116 cm³/mol. The lowest BCUT2D eigenvalue weighted by molar-refractivity contribution is 0.223. The van der Waals surface area contributed by atoms with E-state index in [1.165, 1.54) is 12.1 Å². The Labute approximate surface area is 176 Å². The van der Waals surface area contributed by atoms with Gasteiger partial charge in [-0.1, -0.05) is 6.07 Å². The topological polar surface area (TPSA) is 67.8 Å². The van der Waals surface area contributed by atoms with Crippen LogP contribution in [-0.4, -0.2) is 37.2 Å². The number of benzene rings is 1. The largest absolute Gasteiger partial charge is 0.489 e. The number of rotatable bonds is 8. The molecule has 0 amide bonds. The lowest BCUT2D eigenvalue weighted by Crippen LogP contribution is -2.41. The average Bonchev–Trinajstić information content (AvgIpc) is 2.66. The molecule has 0 aliphatic rings. The molecule has 27 heavy (non-hydrogen) atoms. The Morgan fingerprint density at radius 2 is 1.96 bits per heavy atom. The number of guanidine groups is 1. The molecule has 148 valence electrons. The van der Waals surface area contributed by atoms with Gasteiger partial charge < -0.3 is 20.1 Å². The van der Waals surface area contributed by atoms with Gasteiger partial charge in [-0.25, -0.2) is 14.4 Å². The van der Waals surface area contributed by atoms with E-state index in [0.29, 0.717) is 30.7 Å². The van der Waals surface area contributed by atoms with Gasteiger partial charge in [0.05, 0.1) is 20.2 Å². The maximum Gasteiger partial charge on any atom is 0.218 e. The molecular formula is C19H26FIN4O2. The van der Waals surface area contributed by atoms with Crippen molar-refractivity contribution in [2.75, 3.05) is 20.2 Å². The van der Waals surface area contributed by atoms with Gasteiger partial charge in [-0.2, -0.15) is 0 Å². The van der Waals surface area contributed by atoms with Gasteiger partial charge in [-0.3, -0.25) is 0 Å². The van der Waals surface area contributed by atoms with Crippen molar-refractivity contribution in [3.05, 3.63) is 54.0 Å². The van der Waals surface area contributed by atoms with Crippen LogP contribution in [0, 0.1) is 5.82 Å². The van der Waals surface area contributed by atoms with E-state index in [0.717, 1.165) is 12.1 Å². The minimum absolute atomic E-state index is 0. The highest BCUT2D eigenvalue weighted by molar-refractivity contribution is 14.0. The van der Waals surface area contributed by atoms with Crippen molar-refractivity contribution in [2.45, 2.75) is 26.5 Å². The molecule has 1 heterocycles. The molecule has 0 aliphatic carbocycles. The molecule has 0 aliphatic heterocycles. The van der Waals surface area contributed by atoms with E-state index in [-0.39, 0.29) is 35.9 Å². The Hall–Kier alpha value is -2.10. The number of nitrogens with zero attached hydrogens (tertiary/aromatic N) is 2. The standard InChI is InChI=1S/C19H25FN4O2.HI/c1-4-21-19(24-13-15-6-5-11-22-18(15)25-3)23-12-14(2)26-17-9-7-16(20)8-10-17;/h5-11,14H,4,12-13H2,1-3H3,(H2,21,23,24);1H. The zero-order valence-electron chi connectivity index (χ0n) is 15.7. The summed E-state index contributed by atoms with van der Waals surface area (Å²) in [5.74, 6) is 1.59. The minimum Gasteiger partial charge on any atom is -0.489 e. The van der Waals surface area contributed by atoms with E-state index in [4.69, 9.17) is 9.47 Å². The fraction of sp³-hybridized carbons (Fsp3) is 0.368. The molecule has 6 nitrogen and oxygen atoms in total. The summed E-state index contributed by atoms with van der Waals surface area (Å²) in [7, 11) is 1.59. The Morgan fingerprint density at radius 1 is 1.22 bits per heavy atom. The zero-order valence-corrected chi connectivity index (χ0v) is 18.1. The van der Waals surface area contributed by atoms with Crippen LogP contribution >= 0.6 is 24.0 Å². The third-order valence-corrected chi connectivity index (χ3v) is 3.50. The van der Waals surface area contributed by atoms with Crippen LogP contribution in [0.3, 0.4) is 0 Å². The van der Waals surface area contributed by atoms with Crippen LogP contribution in [0.15, 0.2) is 47.6 Å². The molecule has 0 fully saturated rings. The second-order valence-corrected chi connectivity index (χ2v) is 5.63. The van der Waals surface area contributed by atoms with Gasteiger partial charge in [0.25, 0.3) is 0 Å². The van der Waals surface area contributed by atoms with Crippen molar-refractivity contribution in [1.29, 1.82) is 0 Å². The summed E-state index contributed by atoms with van der Waals surface area (Å²) in [6.07, 6.45) is 1.57. The predicted octanol–water partition coefficient (Wildman–Crippen LogP) is 3.37. The SMILES string of the molecule is CCNC(=NCc1cccnc1OC)NCC(C)Oc1ccc(F)cc1.I. The molecule has 8 heteroatoms. The summed E-state index contributed by atoms with van der Waals surface area (Å²) in [6, 6.07) is 9.76. The fourth-order valence-electron chi connectivity index (χ4n) is 2.26. The van der Waals surface area contributed by atoms with E-state index in [9.17, 15) is 4.39 Å². The van der Waals surface area contributed by atoms with E-state index in [1.54, 1.807) is 25.4 Å². The van der Waals surface area contributed by atoms with Crippen molar-refractivity contribution >= 4 is 29.9 Å². The van der Waals surface area contributed by atoms with Crippen LogP contribution in [0.1, 0.15) is 19.4 Å². The van der Waals surface area contributed by atoms with Crippen molar-refractivity contribution < 1.29 is 13.9 Å². The van der Waals surface area contributed by atoms with Gasteiger partial charge in [0.1, 0.15) is 17.7 Å². The van der Waals surface area contributed by atoms with Crippen LogP contribution in [-0.2, 0) is 6.54 Å². The normalized spacial score (nSPS) is 11.9. The molecule has 2 rings (SSSR count). The second kappa shape index (κ2) is 12.3. The molecule has 1 unspecified atom stereocenters. The number of pyridine rings is 1. The molecule has 0 spiro atoms. The maximum absolute atomic E-state index is 12.9. The third-order valence-electron chi connectivity index (χ3n) is 3.50. The molecule has 0 saturated heterocycles. The van der Waals surface area contributed by atoms with Crippen molar-refractivity contribution in [1.82, 2.24) is 15.6 Å². The molecule has 1 aromatic heterocycles. The molecular weight excluding hydrogens is 462 g/mol. The monoisotopic (exact) mass is 488 g/mol. The number of hydrogen-bond donors (Lipinski definition) is 2. The lowest BCUT2D eigenvalue weighted by atomic mass is 10.3.